The van der Waals surface area contributed by atoms with Gasteiger partial charge in [-0.2, -0.15) is 0 Å². The molecule has 142 valence electrons. The number of Topliss-reactive ketones (excluding diaryl/α,β-unsaturated/α-hetero) is 1. The van der Waals surface area contributed by atoms with Crippen molar-refractivity contribution in [3.8, 4) is 0 Å². The highest BCUT2D eigenvalue weighted by Gasteiger charge is 2.51. The van der Waals surface area contributed by atoms with E-state index in [0.717, 1.165) is 15.6 Å². The average Bonchev–Trinajstić information content (AvgIpc) is 3.26. The van der Waals surface area contributed by atoms with E-state index >= 15 is 0 Å². The highest BCUT2D eigenvalue weighted by Crippen LogP contribution is 2.44. The van der Waals surface area contributed by atoms with E-state index in [-0.39, 0.29) is 12.2 Å². The molecule has 0 bridgehead atoms. The first-order valence-electron chi connectivity index (χ1n) is 8.85. The monoisotopic (exact) mass is 439 g/mol. The highest BCUT2D eigenvalue weighted by atomic mass is 79.9. The zero-order valence-electron chi connectivity index (χ0n) is 15.2. The van der Waals surface area contributed by atoms with Gasteiger partial charge in [-0.1, -0.05) is 45.8 Å². The highest BCUT2D eigenvalue weighted by molar-refractivity contribution is 9.10. The van der Waals surface area contributed by atoms with Crippen molar-refractivity contribution in [3.63, 3.8) is 0 Å². The van der Waals surface area contributed by atoms with E-state index in [1.165, 1.54) is 17.2 Å². The summed E-state index contributed by atoms with van der Waals surface area (Å²) in [6.07, 6.45) is 1.01. The number of ketones is 1. The van der Waals surface area contributed by atoms with Crippen LogP contribution >= 0.6 is 15.9 Å². The van der Waals surface area contributed by atoms with E-state index in [0.29, 0.717) is 17.8 Å². The standard InChI is InChI=1S/C22H18BrNO4/c1-14-4-2-5-15(10-14)13-24-18-8-7-16(23)11-17(18)22(27,21(24)26)12-19(25)20-6-3-9-28-20/h2-11,27H,12-13H2,1H3. The number of hydrogen-bond donors (Lipinski definition) is 1. The Hall–Kier alpha value is -2.70. The number of halogens is 1. The van der Waals surface area contributed by atoms with Gasteiger partial charge >= 0.3 is 0 Å². The number of furan rings is 1. The molecule has 2 aromatic carbocycles. The second-order valence-electron chi connectivity index (χ2n) is 6.98. The van der Waals surface area contributed by atoms with Crippen LogP contribution in [0.25, 0.3) is 0 Å². The molecular formula is C22H18BrNO4. The Kier molecular flexibility index (Phi) is 4.69. The molecule has 1 aliphatic rings. The Balaban J connectivity index is 1.73. The first-order chi connectivity index (χ1) is 13.4. The van der Waals surface area contributed by atoms with Crippen LogP contribution in [0.1, 0.15) is 33.7 Å². The molecule has 5 nitrogen and oxygen atoms in total. The van der Waals surface area contributed by atoms with Crippen LogP contribution in [0.4, 0.5) is 5.69 Å². The van der Waals surface area contributed by atoms with Crippen molar-refractivity contribution in [2.75, 3.05) is 4.90 Å². The maximum atomic E-state index is 13.3. The van der Waals surface area contributed by atoms with Crippen LogP contribution in [0.2, 0.25) is 0 Å². The Morgan fingerprint density at radius 1 is 1.18 bits per heavy atom. The second kappa shape index (κ2) is 7.04. The van der Waals surface area contributed by atoms with Crippen LogP contribution in [0, 0.1) is 6.92 Å². The van der Waals surface area contributed by atoms with Crippen LogP contribution < -0.4 is 4.90 Å². The summed E-state index contributed by atoms with van der Waals surface area (Å²) in [7, 11) is 0. The van der Waals surface area contributed by atoms with Crippen LogP contribution in [-0.4, -0.2) is 16.8 Å². The molecule has 0 saturated heterocycles. The molecule has 0 radical (unpaired) electrons. The summed E-state index contributed by atoms with van der Waals surface area (Å²) < 4.78 is 5.86. The maximum absolute atomic E-state index is 13.3. The number of anilines is 1. The number of hydrogen-bond acceptors (Lipinski definition) is 4. The molecule has 3 aromatic rings. The van der Waals surface area contributed by atoms with Gasteiger partial charge in [0.1, 0.15) is 0 Å². The first-order valence-corrected chi connectivity index (χ1v) is 9.64. The number of carbonyl (C=O) groups excluding carboxylic acids is 2. The maximum Gasteiger partial charge on any atom is 0.264 e. The molecule has 0 saturated carbocycles. The van der Waals surface area contributed by atoms with Crippen molar-refractivity contribution in [1.82, 2.24) is 0 Å². The molecular weight excluding hydrogens is 422 g/mol. The number of aliphatic hydroxyl groups is 1. The fourth-order valence-corrected chi connectivity index (χ4v) is 3.96. The summed E-state index contributed by atoms with van der Waals surface area (Å²) in [6, 6.07) is 16.3. The van der Waals surface area contributed by atoms with Gasteiger partial charge in [0.05, 0.1) is 24.9 Å². The van der Waals surface area contributed by atoms with Crippen molar-refractivity contribution in [1.29, 1.82) is 0 Å². The quantitative estimate of drug-likeness (QED) is 0.599. The molecule has 0 spiro atoms. The van der Waals surface area contributed by atoms with Gasteiger partial charge in [-0.25, -0.2) is 0 Å². The van der Waals surface area contributed by atoms with Crippen molar-refractivity contribution in [3.05, 3.63) is 87.8 Å². The molecule has 28 heavy (non-hydrogen) atoms. The normalized spacial score (nSPS) is 18.4. The minimum Gasteiger partial charge on any atom is -0.461 e. The number of fused-ring (bicyclic) bond motifs is 1. The number of carbonyl (C=O) groups is 2. The molecule has 1 aromatic heterocycles. The molecule has 1 amide bonds. The van der Waals surface area contributed by atoms with E-state index in [9.17, 15) is 14.7 Å². The Morgan fingerprint density at radius 3 is 2.71 bits per heavy atom. The zero-order valence-corrected chi connectivity index (χ0v) is 16.8. The van der Waals surface area contributed by atoms with Crippen molar-refractivity contribution >= 4 is 33.3 Å². The number of benzene rings is 2. The fraction of sp³-hybridized carbons (Fsp3) is 0.182. The van der Waals surface area contributed by atoms with E-state index in [1.807, 2.05) is 37.3 Å². The van der Waals surface area contributed by atoms with Gasteiger partial charge in [-0.05, 0) is 42.8 Å². The summed E-state index contributed by atoms with van der Waals surface area (Å²) in [5.41, 5.74) is 1.11. The number of aryl methyl sites for hydroxylation is 1. The average molecular weight is 440 g/mol. The summed E-state index contributed by atoms with van der Waals surface area (Å²) in [4.78, 5) is 27.4. The number of rotatable bonds is 5. The SMILES string of the molecule is Cc1cccc(CN2C(=O)C(O)(CC(=O)c3ccco3)c3cc(Br)ccc32)c1. The van der Waals surface area contributed by atoms with E-state index in [4.69, 9.17) is 4.42 Å². The molecule has 1 unspecified atom stereocenters. The van der Waals surface area contributed by atoms with Crippen molar-refractivity contribution in [2.45, 2.75) is 25.5 Å². The van der Waals surface area contributed by atoms with Crippen LogP contribution in [0.3, 0.4) is 0 Å². The van der Waals surface area contributed by atoms with Gasteiger partial charge in [0.25, 0.3) is 5.91 Å². The van der Waals surface area contributed by atoms with Crippen molar-refractivity contribution < 1.29 is 19.1 Å². The molecule has 0 aliphatic carbocycles. The fourth-order valence-electron chi connectivity index (χ4n) is 3.60. The Labute approximate surface area is 170 Å². The predicted molar refractivity (Wildman–Crippen MR) is 108 cm³/mol. The Morgan fingerprint density at radius 2 is 2.00 bits per heavy atom. The molecule has 1 aliphatic heterocycles. The summed E-state index contributed by atoms with van der Waals surface area (Å²) in [5.74, 6) is -0.818. The molecule has 1 atom stereocenters. The van der Waals surface area contributed by atoms with Gasteiger partial charge in [0.2, 0.25) is 5.78 Å². The van der Waals surface area contributed by atoms with E-state index in [1.54, 1.807) is 18.2 Å². The van der Waals surface area contributed by atoms with E-state index in [2.05, 4.69) is 15.9 Å². The summed E-state index contributed by atoms with van der Waals surface area (Å²) in [6.45, 7) is 2.30. The van der Waals surface area contributed by atoms with Gasteiger partial charge in [-0.3, -0.25) is 9.59 Å². The summed E-state index contributed by atoms with van der Waals surface area (Å²) in [5, 5.41) is 11.3. The molecule has 0 fully saturated rings. The summed E-state index contributed by atoms with van der Waals surface area (Å²) >= 11 is 3.39. The lowest BCUT2D eigenvalue weighted by molar-refractivity contribution is -0.136. The van der Waals surface area contributed by atoms with E-state index < -0.39 is 17.3 Å². The second-order valence-corrected chi connectivity index (χ2v) is 7.90. The third kappa shape index (κ3) is 3.19. The lowest BCUT2D eigenvalue weighted by Crippen LogP contribution is -2.41. The number of nitrogens with zero attached hydrogens (tertiary/aromatic N) is 1. The molecule has 6 heteroatoms. The third-order valence-electron chi connectivity index (χ3n) is 4.93. The van der Waals surface area contributed by atoms with Gasteiger partial charge in [0.15, 0.2) is 11.4 Å². The topological polar surface area (TPSA) is 70.8 Å². The van der Waals surface area contributed by atoms with Gasteiger partial charge in [-0.15, -0.1) is 0 Å². The van der Waals surface area contributed by atoms with Gasteiger partial charge in [0, 0.05) is 10.0 Å². The first kappa shape index (κ1) is 18.7. The van der Waals surface area contributed by atoms with Crippen LogP contribution in [0.5, 0.6) is 0 Å². The zero-order chi connectivity index (χ0) is 19.9. The third-order valence-corrected chi connectivity index (χ3v) is 5.42. The molecule has 2 heterocycles. The smallest absolute Gasteiger partial charge is 0.264 e. The largest absolute Gasteiger partial charge is 0.461 e. The lowest BCUT2D eigenvalue weighted by atomic mass is 9.89. The molecule has 4 rings (SSSR count). The predicted octanol–water partition coefficient (Wildman–Crippen LogP) is 4.36. The minimum absolute atomic E-state index is 0.120. The van der Waals surface area contributed by atoms with Gasteiger partial charge < -0.3 is 14.4 Å². The number of amides is 1. The Bertz CT molecular complexity index is 1060. The van der Waals surface area contributed by atoms with Crippen molar-refractivity contribution in [2.24, 2.45) is 0 Å². The molecule has 1 N–H and O–H groups in total. The van der Waals surface area contributed by atoms with Crippen LogP contribution in [0.15, 0.2) is 69.8 Å². The van der Waals surface area contributed by atoms with Crippen LogP contribution in [-0.2, 0) is 16.9 Å². The lowest BCUT2D eigenvalue weighted by Gasteiger charge is -2.22. The minimum atomic E-state index is -1.94.